The highest BCUT2D eigenvalue weighted by atomic mass is 35.5. The lowest BCUT2D eigenvalue weighted by atomic mass is 10.1. The smallest absolute Gasteiger partial charge is 0.0998 e. The molecule has 0 aliphatic carbocycles. The van der Waals surface area contributed by atoms with Gasteiger partial charge in [-0.3, -0.25) is 0 Å². The summed E-state index contributed by atoms with van der Waals surface area (Å²) >= 11 is 5.73. The van der Waals surface area contributed by atoms with Crippen molar-refractivity contribution in [2.24, 2.45) is 0 Å². The van der Waals surface area contributed by atoms with Crippen LogP contribution in [0.2, 0.25) is 5.02 Å². The molecule has 1 aromatic carbocycles. The molecule has 14 heavy (non-hydrogen) atoms. The van der Waals surface area contributed by atoms with Gasteiger partial charge in [0.25, 0.3) is 0 Å². The van der Waals surface area contributed by atoms with Gasteiger partial charge in [0, 0.05) is 5.02 Å². The van der Waals surface area contributed by atoms with Crippen LogP contribution in [0.25, 0.3) is 6.08 Å². The second kappa shape index (κ2) is 5.07. The number of rotatable bonds is 2. The van der Waals surface area contributed by atoms with Gasteiger partial charge in [-0.25, -0.2) is 0 Å². The lowest BCUT2D eigenvalue weighted by molar-refractivity contribution is 1.36. The Hall–Kier alpha value is -1.77. The molecule has 0 unspecified atom stereocenters. The molecule has 0 aromatic heterocycles. The summed E-state index contributed by atoms with van der Waals surface area (Å²) in [6, 6.07) is 9.12. The first-order valence-electron chi connectivity index (χ1n) is 4.01. The lowest BCUT2D eigenvalue weighted by Crippen LogP contribution is -1.81. The van der Waals surface area contributed by atoms with Gasteiger partial charge in [0.1, 0.15) is 0 Å². The summed E-state index contributed by atoms with van der Waals surface area (Å²) in [6.45, 7) is 0. The minimum atomic E-state index is 0.341. The number of nitriles is 2. The predicted molar refractivity (Wildman–Crippen MR) is 55.4 cm³/mol. The highest BCUT2D eigenvalue weighted by molar-refractivity contribution is 6.30. The second-order valence-electron chi connectivity index (χ2n) is 2.61. The van der Waals surface area contributed by atoms with Gasteiger partial charge in [0.2, 0.25) is 0 Å². The molecular weight excluding hydrogens is 196 g/mol. The molecule has 0 aliphatic rings. The fourth-order valence-corrected chi connectivity index (χ4v) is 1.18. The first-order valence-corrected chi connectivity index (χ1v) is 4.39. The molecule has 0 atom stereocenters. The van der Waals surface area contributed by atoms with E-state index in [-0.39, 0.29) is 0 Å². The maximum absolute atomic E-state index is 8.79. The Bertz CT molecular complexity index is 436. The molecule has 68 valence electrons. The van der Waals surface area contributed by atoms with Crippen LogP contribution in [0.15, 0.2) is 24.3 Å². The van der Waals surface area contributed by atoms with E-state index in [4.69, 9.17) is 22.1 Å². The monoisotopic (exact) mass is 202 g/mol. The molecule has 0 amide bonds. The van der Waals surface area contributed by atoms with Crippen LogP contribution in [0, 0.1) is 22.7 Å². The van der Waals surface area contributed by atoms with Crippen LogP contribution in [0.1, 0.15) is 17.5 Å². The molecule has 0 heterocycles. The van der Waals surface area contributed by atoms with Crippen molar-refractivity contribution < 1.29 is 0 Å². The highest BCUT2D eigenvalue weighted by Crippen LogP contribution is 2.16. The maximum Gasteiger partial charge on any atom is 0.0998 e. The van der Waals surface area contributed by atoms with Crippen molar-refractivity contribution in [2.45, 2.75) is 6.42 Å². The summed E-state index contributed by atoms with van der Waals surface area (Å²) < 4.78 is 0. The van der Waals surface area contributed by atoms with E-state index in [1.54, 1.807) is 30.4 Å². The number of nitrogens with zero attached hydrogens (tertiary/aromatic N) is 2. The van der Waals surface area contributed by atoms with Gasteiger partial charge in [-0.2, -0.15) is 10.5 Å². The van der Waals surface area contributed by atoms with Crippen molar-refractivity contribution in [1.29, 1.82) is 10.5 Å². The van der Waals surface area contributed by atoms with E-state index in [1.165, 1.54) is 0 Å². The van der Waals surface area contributed by atoms with E-state index in [0.717, 1.165) is 5.56 Å². The Morgan fingerprint density at radius 3 is 2.79 bits per heavy atom. The van der Waals surface area contributed by atoms with Crippen LogP contribution in [0.3, 0.4) is 0 Å². The molecule has 3 heteroatoms. The first kappa shape index (κ1) is 10.3. The van der Waals surface area contributed by atoms with Gasteiger partial charge in [0.05, 0.1) is 24.1 Å². The molecule has 1 aromatic rings. The average molecular weight is 203 g/mol. The number of halogens is 1. The molecule has 2 nitrogen and oxygen atoms in total. The van der Waals surface area contributed by atoms with Crippen molar-refractivity contribution in [3.63, 3.8) is 0 Å². The standard InChI is InChI=1S/C11H7ClN2/c12-11-5-4-9(3-1-2-6-13)10(7-11)8-14/h1,3-5,7H,2H2. The number of hydrogen-bond donors (Lipinski definition) is 0. The molecule has 0 saturated heterocycles. The van der Waals surface area contributed by atoms with Crippen LogP contribution >= 0.6 is 11.6 Å². The van der Waals surface area contributed by atoms with Crippen LogP contribution in [-0.4, -0.2) is 0 Å². The van der Waals surface area contributed by atoms with Crippen molar-refractivity contribution in [3.8, 4) is 12.1 Å². The van der Waals surface area contributed by atoms with Crippen molar-refractivity contribution in [1.82, 2.24) is 0 Å². The quantitative estimate of drug-likeness (QED) is 0.740. The van der Waals surface area contributed by atoms with Gasteiger partial charge >= 0.3 is 0 Å². The maximum atomic E-state index is 8.79. The SMILES string of the molecule is N#CCC=Cc1ccc(Cl)cc1C#N. The van der Waals surface area contributed by atoms with Crippen LogP contribution < -0.4 is 0 Å². The fraction of sp³-hybridized carbons (Fsp3) is 0.0909. The molecule has 0 bridgehead atoms. The Morgan fingerprint density at radius 1 is 1.36 bits per heavy atom. The summed E-state index contributed by atoms with van der Waals surface area (Å²) in [5, 5.41) is 17.7. The fourth-order valence-electron chi connectivity index (χ4n) is 1.01. The summed E-state index contributed by atoms with van der Waals surface area (Å²) in [4.78, 5) is 0. The van der Waals surface area contributed by atoms with E-state index in [9.17, 15) is 0 Å². The highest BCUT2D eigenvalue weighted by Gasteiger charge is 1.98. The third kappa shape index (κ3) is 2.62. The normalized spacial score (nSPS) is 9.64. The molecule has 0 spiro atoms. The molecule has 1 rings (SSSR count). The topological polar surface area (TPSA) is 47.6 Å². The molecule has 0 N–H and O–H groups in total. The largest absolute Gasteiger partial charge is 0.198 e. The summed E-state index contributed by atoms with van der Waals surface area (Å²) in [7, 11) is 0. The van der Waals surface area contributed by atoms with E-state index in [0.29, 0.717) is 17.0 Å². The summed E-state index contributed by atoms with van der Waals surface area (Å²) in [5.41, 5.74) is 1.30. The Kier molecular flexibility index (Phi) is 3.73. The van der Waals surface area contributed by atoms with E-state index in [2.05, 4.69) is 0 Å². The second-order valence-corrected chi connectivity index (χ2v) is 3.04. The average Bonchev–Trinajstić information content (AvgIpc) is 2.20. The van der Waals surface area contributed by atoms with Crippen molar-refractivity contribution in [2.75, 3.05) is 0 Å². The van der Waals surface area contributed by atoms with E-state index in [1.807, 2.05) is 12.1 Å². The number of benzene rings is 1. The molecule has 0 fully saturated rings. The van der Waals surface area contributed by atoms with Gasteiger partial charge in [-0.05, 0) is 17.7 Å². The third-order valence-corrected chi connectivity index (χ3v) is 1.88. The van der Waals surface area contributed by atoms with Crippen molar-refractivity contribution in [3.05, 3.63) is 40.4 Å². The predicted octanol–water partition coefficient (Wildman–Crippen LogP) is 3.14. The molecule has 0 radical (unpaired) electrons. The number of hydrogen-bond acceptors (Lipinski definition) is 2. The Morgan fingerprint density at radius 2 is 2.14 bits per heavy atom. The Balaban J connectivity index is 2.99. The zero-order valence-electron chi connectivity index (χ0n) is 7.37. The van der Waals surface area contributed by atoms with Crippen LogP contribution in [-0.2, 0) is 0 Å². The minimum absolute atomic E-state index is 0.341. The van der Waals surface area contributed by atoms with E-state index < -0.39 is 0 Å². The summed E-state index contributed by atoms with van der Waals surface area (Å²) in [5.74, 6) is 0. The van der Waals surface area contributed by atoms with Crippen LogP contribution in [0.4, 0.5) is 0 Å². The Labute approximate surface area is 87.7 Å². The van der Waals surface area contributed by atoms with Crippen molar-refractivity contribution >= 4 is 17.7 Å². The first-order chi connectivity index (χ1) is 6.77. The number of allylic oxidation sites excluding steroid dienone is 1. The summed E-state index contributed by atoms with van der Waals surface area (Å²) in [6.07, 6.45) is 3.80. The zero-order valence-corrected chi connectivity index (χ0v) is 8.12. The zero-order chi connectivity index (χ0) is 10.4. The minimum Gasteiger partial charge on any atom is -0.198 e. The molecule has 0 aliphatic heterocycles. The van der Waals surface area contributed by atoms with Gasteiger partial charge in [-0.15, -0.1) is 0 Å². The van der Waals surface area contributed by atoms with Crippen LogP contribution in [0.5, 0.6) is 0 Å². The van der Waals surface area contributed by atoms with E-state index >= 15 is 0 Å². The van der Waals surface area contributed by atoms with Gasteiger partial charge in [-0.1, -0.05) is 29.8 Å². The molecule has 0 saturated carbocycles. The third-order valence-electron chi connectivity index (χ3n) is 1.64. The lowest BCUT2D eigenvalue weighted by Gasteiger charge is -1.97. The van der Waals surface area contributed by atoms with Gasteiger partial charge in [0.15, 0.2) is 0 Å². The molecular formula is C11H7ClN2. The van der Waals surface area contributed by atoms with Gasteiger partial charge < -0.3 is 0 Å².